The van der Waals surface area contributed by atoms with Crippen molar-refractivity contribution in [1.82, 2.24) is 9.88 Å². The molecule has 9 heteroatoms. The Kier molecular flexibility index (Phi) is 5.64. The monoisotopic (exact) mass is 403 g/mol. The first-order chi connectivity index (χ1) is 13.4. The number of nitrogens with two attached hydrogens (primary N) is 1. The SMILES string of the molecule is CCOc1nc(C(CS(C)=O)N2C(=O)c3cccc(N)c3C2=O)ccc1OC. The number of ether oxygens (including phenoxy) is 2. The molecule has 148 valence electrons. The van der Waals surface area contributed by atoms with Gasteiger partial charge in [-0.2, -0.15) is 0 Å². The third-order valence-corrected chi connectivity index (χ3v) is 5.16. The van der Waals surface area contributed by atoms with Crippen LogP contribution in [0.4, 0.5) is 5.69 Å². The van der Waals surface area contributed by atoms with E-state index in [1.807, 2.05) is 0 Å². The van der Waals surface area contributed by atoms with Gasteiger partial charge < -0.3 is 15.2 Å². The van der Waals surface area contributed by atoms with Crippen molar-refractivity contribution in [1.29, 1.82) is 0 Å². The summed E-state index contributed by atoms with van der Waals surface area (Å²) in [5, 5.41) is 0. The Morgan fingerprint density at radius 2 is 1.96 bits per heavy atom. The van der Waals surface area contributed by atoms with Crippen molar-refractivity contribution in [2.24, 2.45) is 0 Å². The maximum absolute atomic E-state index is 13.0. The van der Waals surface area contributed by atoms with Gasteiger partial charge in [-0.25, -0.2) is 4.98 Å². The fourth-order valence-corrected chi connectivity index (χ4v) is 3.91. The molecule has 2 heterocycles. The van der Waals surface area contributed by atoms with E-state index in [2.05, 4.69) is 4.98 Å². The molecule has 3 rings (SSSR count). The van der Waals surface area contributed by atoms with Crippen molar-refractivity contribution in [2.75, 3.05) is 31.5 Å². The summed E-state index contributed by atoms with van der Waals surface area (Å²) in [5.41, 5.74) is 6.92. The summed E-state index contributed by atoms with van der Waals surface area (Å²) in [4.78, 5) is 31.5. The highest BCUT2D eigenvalue weighted by Gasteiger charge is 2.42. The van der Waals surface area contributed by atoms with Crippen molar-refractivity contribution in [3.63, 3.8) is 0 Å². The number of carbonyl (C=O) groups is 2. The first kappa shape index (κ1) is 19.8. The van der Waals surface area contributed by atoms with Gasteiger partial charge in [0.15, 0.2) is 5.75 Å². The number of aromatic nitrogens is 1. The van der Waals surface area contributed by atoms with Crippen molar-refractivity contribution < 1.29 is 23.3 Å². The number of fused-ring (bicyclic) bond motifs is 1. The topological polar surface area (TPSA) is 112 Å². The zero-order chi connectivity index (χ0) is 20.4. The van der Waals surface area contributed by atoms with Gasteiger partial charge in [-0.3, -0.25) is 18.7 Å². The first-order valence-corrected chi connectivity index (χ1v) is 10.4. The summed E-state index contributed by atoms with van der Waals surface area (Å²) < 4.78 is 22.8. The fourth-order valence-electron chi connectivity index (χ4n) is 3.15. The predicted octanol–water partition coefficient (Wildman–Crippen LogP) is 1.79. The maximum atomic E-state index is 13.0. The van der Waals surface area contributed by atoms with E-state index in [1.165, 1.54) is 13.4 Å². The smallest absolute Gasteiger partial charge is 0.264 e. The Hall–Kier alpha value is -2.94. The lowest BCUT2D eigenvalue weighted by atomic mass is 10.1. The molecule has 2 amide bonds. The molecule has 8 nitrogen and oxygen atoms in total. The number of amides is 2. The highest BCUT2D eigenvalue weighted by Crippen LogP contribution is 2.35. The molecule has 0 saturated heterocycles. The second-order valence-electron chi connectivity index (χ2n) is 6.18. The minimum Gasteiger partial charge on any atom is -0.491 e. The third-order valence-electron chi connectivity index (χ3n) is 4.37. The van der Waals surface area contributed by atoms with E-state index in [4.69, 9.17) is 15.2 Å². The minimum atomic E-state index is -1.30. The maximum Gasteiger partial charge on any atom is 0.264 e. The number of carbonyl (C=O) groups excluding carboxylic acids is 2. The van der Waals surface area contributed by atoms with Crippen LogP contribution in [0.3, 0.4) is 0 Å². The number of hydrogen-bond acceptors (Lipinski definition) is 7. The van der Waals surface area contributed by atoms with E-state index in [-0.39, 0.29) is 28.4 Å². The highest BCUT2D eigenvalue weighted by molar-refractivity contribution is 7.84. The van der Waals surface area contributed by atoms with Crippen LogP contribution in [0.5, 0.6) is 11.6 Å². The van der Waals surface area contributed by atoms with Crippen molar-refractivity contribution in [3.05, 3.63) is 47.2 Å². The van der Waals surface area contributed by atoms with Crippen LogP contribution in [-0.2, 0) is 10.8 Å². The summed E-state index contributed by atoms with van der Waals surface area (Å²) in [7, 11) is 0.191. The molecule has 1 aromatic carbocycles. The molecule has 0 bridgehead atoms. The van der Waals surface area contributed by atoms with E-state index in [1.54, 1.807) is 37.3 Å². The lowest BCUT2D eigenvalue weighted by molar-refractivity contribution is 0.0594. The number of imide groups is 1. The zero-order valence-electron chi connectivity index (χ0n) is 15.8. The Morgan fingerprint density at radius 3 is 2.57 bits per heavy atom. The van der Waals surface area contributed by atoms with Crippen molar-refractivity contribution in [2.45, 2.75) is 13.0 Å². The van der Waals surface area contributed by atoms with Gasteiger partial charge in [0.1, 0.15) is 0 Å². The molecule has 1 aliphatic rings. The van der Waals surface area contributed by atoms with E-state index in [0.717, 1.165) is 4.90 Å². The van der Waals surface area contributed by atoms with Gasteiger partial charge in [0.2, 0.25) is 0 Å². The van der Waals surface area contributed by atoms with Crippen LogP contribution >= 0.6 is 0 Å². The Morgan fingerprint density at radius 1 is 1.21 bits per heavy atom. The normalized spacial score (nSPS) is 15.3. The molecule has 0 fully saturated rings. The predicted molar refractivity (Wildman–Crippen MR) is 105 cm³/mol. The van der Waals surface area contributed by atoms with Crippen LogP contribution in [0, 0.1) is 0 Å². The molecule has 2 unspecified atom stereocenters. The lowest BCUT2D eigenvalue weighted by Gasteiger charge is -2.25. The average Bonchev–Trinajstić information content (AvgIpc) is 2.91. The van der Waals surface area contributed by atoms with Crippen LogP contribution in [0.1, 0.15) is 39.4 Å². The molecule has 2 aromatic rings. The van der Waals surface area contributed by atoms with Crippen molar-refractivity contribution >= 4 is 28.3 Å². The average molecular weight is 403 g/mol. The van der Waals surface area contributed by atoms with E-state index in [9.17, 15) is 13.8 Å². The fraction of sp³-hybridized carbons (Fsp3) is 0.316. The molecule has 2 N–H and O–H groups in total. The number of methoxy groups -OCH3 is 1. The van der Waals surface area contributed by atoms with Gasteiger partial charge in [0.05, 0.1) is 36.6 Å². The van der Waals surface area contributed by atoms with E-state index in [0.29, 0.717) is 18.1 Å². The molecule has 0 spiro atoms. The number of hydrogen-bond donors (Lipinski definition) is 1. The number of pyridine rings is 1. The Labute approximate surface area is 165 Å². The second-order valence-corrected chi connectivity index (χ2v) is 7.66. The number of rotatable bonds is 7. The minimum absolute atomic E-state index is 0.0380. The third kappa shape index (κ3) is 3.45. The lowest BCUT2D eigenvalue weighted by Crippen LogP contribution is -2.37. The van der Waals surface area contributed by atoms with Gasteiger partial charge in [-0.1, -0.05) is 6.07 Å². The number of benzene rings is 1. The summed E-state index contributed by atoms with van der Waals surface area (Å²) in [6, 6.07) is 7.19. The summed E-state index contributed by atoms with van der Waals surface area (Å²) in [6.45, 7) is 2.17. The molecule has 2 atom stereocenters. The molecule has 0 aliphatic carbocycles. The highest BCUT2D eigenvalue weighted by atomic mass is 32.2. The molecule has 1 aromatic heterocycles. The summed E-state index contributed by atoms with van der Waals surface area (Å²) in [5.74, 6) is -0.308. The molecule has 1 aliphatic heterocycles. The summed E-state index contributed by atoms with van der Waals surface area (Å²) >= 11 is 0. The second kappa shape index (κ2) is 7.97. The van der Waals surface area contributed by atoms with Gasteiger partial charge in [0, 0.05) is 28.5 Å². The molecular formula is C19H21N3O5S. The Balaban J connectivity index is 2.09. The number of anilines is 1. The molecule has 28 heavy (non-hydrogen) atoms. The number of nitrogen functional groups attached to an aromatic ring is 1. The standard InChI is InChI=1S/C19H21N3O5S/c1-4-27-17-15(26-2)9-8-13(21-17)14(10-28(3)25)22-18(23)11-6-5-7-12(20)16(11)19(22)24/h5-9,14H,4,10,20H2,1-3H3. The molecular weight excluding hydrogens is 382 g/mol. The number of nitrogens with zero attached hydrogens (tertiary/aromatic N) is 2. The van der Waals surface area contributed by atoms with Gasteiger partial charge >= 0.3 is 0 Å². The van der Waals surface area contributed by atoms with E-state index < -0.39 is 28.7 Å². The quantitative estimate of drug-likeness (QED) is 0.554. The Bertz CT molecular complexity index is 963. The summed E-state index contributed by atoms with van der Waals surface area (Å²) in [6.07, 6.45) is 1.51. The van der Waals surface area contributed by atoms with Crippen LogP contribution < -0.4 is 15.2 Å². The van der Waals surface area contributed by atoms with Gasteiger partial charge in [0.25, 0.3) is 17.7 Å². The molecule has 0 radical (unpaired) electrons. The first-order valence-electron chi connectivity index (χ1n) is 8.63. The van der Waals surface area contributed by atoms with E-state index >= 15 is 0 Å². The van der Waals surface area contributed by atoms with Crippen LogP contribution in [0.2, 0.25) is 0 Å². The van der Waals surface area contributed by atoms with Gasteiger partial charge in [-0.05, 0) is 31.2 Å². The van der Waals surface area contributed by atoms with Crippen molar-refractivity contribution in [3.8, 4) is 11.6 Å². The van der Waals surface area contributed by atoms with Crippen LogP contribution in [0.15, 0.2) is 30.3 Å². The zero-order valence-corrected chi connectivity index (χ0v) is 16.6. The van der Waals surface area contributed by atoms with Crippen LogP contribution in [0.25, 0.3) is 0 Å². The van der Waals surface area contributed by atoms with Gasteiger partial charge in [-0.15, -0.1) is 0 Å². The van der Waals surface area contributed by atoms with Crippen LogP contribution in [-0.4, -0.2) is 51.6 Å². The molecule has 0 saturated carbocycles. The largest absolute Gasteiger partial charge is 0.491 e.